The normalized spacial score (nSPS) is 15.8. The molecule has 208 valence electrons. The molecule has 0 bridgehead atoms. The Balaban J connectivity index is 1.32. The van der Waals surface area contributed by atoms with E-state index in [1.807, 2.05) is 37.3 Å². The van der Waals surface area contributed by atoms with Crippen molar-refractivity contribution in [3.63, 3.8) is 0 Å². The Morgan fingerprint density at radius 2 is 1.72 bits per heavy atom. The van der Waals surface area contributed by atoms with Crippen LogP contribution >= 0.6 is 0 Å². The maximum absolute atomic E-state index is 12.7. The molecule has 1 fully saturated rings. The van der Waals surface area contributed by atoms with Crippen molar-refractivity contribution in [1.82, 2.24) is 19.5 Å². The zero-order valence-corrected chi connectivity index (χ0v) is 23.1. The second kappa shape index (κ2) is 12.1. The summed E-state index contributed by atoms with van der Waals surface area (Å²) in [6.45, 7) is 6.42. The van der Waals surface area contributed by atoms with Crippen LogP contribution in [0, 0.1) is 6.92 Å². The van der Waals surface area contributed by atoms with Crippen molar-refractivity contribution in [2.75, 3.05) is 32.7 Å². The van der Waals surface area contributed by atoms with E-state index in [-0.39, 0.29) is 32.7 Å². The molecule has 11 heteroatoms. The molecule has 0 aliphatic carbocycles. The number of sulfonamides is 1. The van der Waals surface area contributed by atoms with Gasteiger partial charge < -0.3 is 15.2 Å². The van der Waals surface area contributed by atoms with Gasteiger partial charge in [-0.3, -0.25) is 19.5 Å². The summed E-state index contributed by atoms with van der Waals surface area (Å²) in [4.78, 5) is 30.9. The Hall–Kier alpha value is -3.54. The lowest BCUT2D eigenvalue weighted by molar-refractivity contribution is -0.143. The third kappa shape index (κ3) is 6.73. The van der Waals surface area contributed by atoms with Crippen LogP contribution in [0.15, 0.2) is 54.6 Å². The number of aliphatic carboxylic acids is 1. The van der Waals surface area contributed by atoms with Gasteiger partial charge >= 0.3 is 5.97 Å². The van der Waals surface area contributed by atoms with Crippen LogP contribution < -0.4 is 10.1 Å². The largest absolute Gasteiger partial charge is 0.489 e. The fourth-order valence-electron chi connectivity index (χ4n) is 4.61. The van der Waals surface area contributed by atoms with Crippen molar-refractivity contribution < 1.29 is 27.9 Å². The first-order valence-electron chi connectivity index (χ1n) is 12.9. The molecule has 1 saturated heterocycles. The molecule has 1 aromatic heterocycles. The second-order valence-electron chi connectivity index (χ2n) is 9.85. The number of hydrogen-bond acceptors (Lipinski definition) is 7. The zero-order valence-electron chi connectivity index (χ0n) is 22.3. The quantitative estimate of drug-likeness (QED) is 0.391. The summed E-state index contributed by atoms with van der Waals surface area (Å²) in [5.41, 5.74) is 3.21. The summed E-state index contributed by atoms with van der Waals surface area (Å²) in [7, 11) is -3.39. The molecule has 1 atom stereocenters. The number of carbonyl (C=O) groups excluding carboxylic acids is 1. The molecule has 4 rings (SSSR count). The molecule has 3 aromatic rings. The monoisotopic (exact) mass is 554 g/mol. The molecule has 1 aliphatic heterocycles. The highest BCUT2D eigenvalue weighted by molar-refractivity contribution is 7.89. The van der Waals surface area contributed by atoms with Gasteiger partial charge in [-0.25, -0.2) is 8.42 Å². The highest BCUT2D eigenvalue weighted by Crippen LogP contribution is 2.21. The number of pyridine rings is 1. The minimum absolute atomic E-state index is 0.0994. The summed E-state index contributed by atoms with van der Waals surface area (Å²) in [5.74, 6) is -0.870. The predicted octanol–water partition coefficient (Wildman–Crippen LogP) is 2.66. The van der Waals surface area contributed by atoms with Crippen molar-refractivity contribution in [2.45, 2.75) is 38.7 Å². The first kappa shape index (κ1) is 28.5. The number of carboxylic acid groups (broad SMARTS) is 1. The number of hydrogen-bond donors (Lipinski definition) is 2. The van der Waals surface area contributed by atoms with Crippen LogP contribution in [0.2, 0.25) is 0 Å². The molecule has 2 aromatic carbocycles. The number of amides is 1. The van der Waals surface area contributed by atoms with E-state index < -0.39 is 33.2 Å². The van der Waals surface area contributed by atoms with Gasteiger partial charge in [0.25, 0.3) is 5.91 Å². The Labute approximate surface area is 228 Å². The minimum Gasteiger partial charge on any atom is -0.489 e. The van der Waals surface area contributed by atoms with Crippen molar-refractivity contribution >= 4 is 32.8 Å². The van der Waals surface area contributed by atoms with E-state index >= 15 is 0 Å². The summed E-state index contributed by atoms with van der Waals surface area (Å²) in [6.07, 6.45) is 0. The summed E-state index contributed by atoms with van der Waals surface area (Å²) in [5, 5.41) is 12.9. The van der Waals surface area contributed by atoms with Gasteiger partial charge in [0, 0.05) is 54.9 Å². The molecule has 0 unspecified atom stereocenters. The van der Waals surface area contributed by atoms with E-state index in [0.29, 0.717) is 17.9 Å². The fraction of sp³-hybridized carbons (Fsp3) is 0.393. The molecule has 0 spiro atoms. The number of nitrogens with zero attached hydrogens (tertiary/aromatic N) is 3. The van der Waals surface area contributed by atoms with Crippen LogP contribution in [0.25, 0.3) is 10.9 Å². The first-order valence-corrected chi connectivity index (χ1v) is 14.4. The topological polar surface area (TPSA) is 129 Å². The highest BCUT2D eigenvalue weighted by atomic mass is 32.2. The van der Waals surface area contributed by atoms with Crippen LogP contribution in [-0.2, 0) is 21.4 Å². The Kier molecular flexibility index (Phi) is 8.83. The molecular formula is C28H34N4O6S. The molecule has 2 heterocycles. The summed E-state index contributed by atoms with van der Waals surface area (Å²) in [6, 6.07) is 15.6. The minimum atomic E-state index is -3.39. The number of rotatable bonds is 10. The molecule has 10 nitrogen and oxygen atoms in total. The number of carbonyl (C=O) groups is 2. The van der Waals surface area contributed by atoms with Gasteiger partial charge in [0.05, 0.1) is 10.8 Å². The van der Waals surface area contributed by atoms with E-state index in [1.54, 1.807) is 43.0 Å². The number of nitrogens with one attached hydrogen (secondary N) is 1. The first-order chi connectivity index (χ1) is 18.6. The third-order valence-corrected chi connectivity index (χ3v) is 9.13. The number of piperazine rings is 1. The number of benzene rings is 2. The van der Waals surface area contributed by atoms with E-state index in [1.165, 1.54) is 4.31 Å². The number of carboxylic acids is 1. The lowest BCUT2D eigenvalue weighted by Crippen LogP contribution is -2.57. The lowest BCUT2D eigenvalue weighted by atomic mass is 10.1. The lowest BCUT2D eigenvalue weighted by Gasteiger charge is -2.37. The average molecular weight is 555 g/mol. The number of aryl methyl sites for hydroxylation is 1. The van der Waals surface area contributed by atoms with Gasteiger partial charge in [-0.05, 0) is 57.2 Å². The van der Waals surface area contributed by atoms with Gasteiger partial charge in [0.1, 0.15) is 18.4 Å². The van der Waals surface area contributed by atoms with Crippen LogP contribution in [-0.4, -0.2) is 83.6 Å². The number of fused-ring (bicyclic) bond motifs is 1. The Bertz CT molecular complexity index is 1430. The second-order valence-corrected chi connectivity index (χ2v) is 12.3. The number of aromatic nitrogens is 1. The maximum atomic E-state index is 12.7. The standard InChI is InChI=1S/C28H34N4O6S/c1-19(2)39(36,37)32-14-12-31(13-15-32)26(28(34)35)17-29-27(33)21-8-10-23(11-9-21)38-18-22-16-20(3)30-25-7-5-4-6-24(22)25/h4-11,16,19,26H,12-15,17-18H2,1-3H3,(H,29,33)(H,34,35)/t26-/m0/s1. The molecule has 1 amide bonds. The van der Waals surface area contributed by atoms with Gasteiger partial charge in [0.2, 0.25) is 10.0 Å². The van der Waals surface area contributed by atoms with E-state index in [4.69, 9.17) is 4.74 Å². The number of ether oxygens (including phenoxy) is 1. The van der Waals surface area contributed by atoms with Gasteiger partial charge in [-0.1, -0.05) is 18.2 Å². The number of para-hydroxylation sites is 1. The van der Waals surface area contributed by atoms with Gasteiger partial charge in [-0.2, -0.15) is 4.31 Å². The average Bonchev–Trinajstić information content (AvgIpc) is 2.92. The smallest absolute Gasteiger partial charge is 0.322 e. The fourth-order valence-corrected chi connectivity index (χ4v) is 5.88. The molecule has 0 radical (unpaired) electrons. The van der Waals surface area contributed by atoms with Crippen molar-refractivity contribution in [3.05, 3.63) is 71.4 Å². The SMILES string of the molecule is Cc1cc(COc2ccc(C(=O)NC[C@@H](C(=O)O)N3CCN(S(=O)(=O)C(C)C)CC3)cc2)c2ccccc2n1. The van der Waals surface area contributed by atoms with Gasteiger partial charge in [-0.15, -0.1) is 0 Å². The van der Waals surface area contributed by atoms with Crippen molar-refractivity contribution in [1.29, 1.82) is 0 Å². The predicted molar refractivity (Wildman–Crippen MR) is 148 cm³/mol. The summed E-state index contributed by atoms with van der Waals surface area (Å²) >= 11 is 0. The molecule has 39 heavy (non-hydrogen) atoms. The van der Waals surface area contributed by atoms with E-state index in [0.717, 1.165) is 22.2 Å². The molecular weight excluding hydrogens is 520 g/mol. The molecule has 2 N–H and O–H groups in total. The highest BCUT2D eigenvalue weighted by Gasteiger charge is 2.34. The molecule has 0 saturated carbocycles. The zero-order chi connectivity index (χ0) is 28.2. The Morgan fingerprint density at radius 1 is 1.05 bits per heavy atom. The summed E-state index contributed by atoms with van der Waals surface area (Å²) < 4.78 is 32.1. The van der Waals surface area contributed by atoms with Crippen LogP contribution in [0.5, 0.6) is 5.75 Å². The maximum Gasteiger partial charge on any atom is 0.322 e. The van der Waals surface area contributed by atoms with Crippen LogP contribution in [0.3, 0.4) is 0 Å². The van der Waals surface area contributed by atoms with Crippen molar-refractivity contribution in [3.8, 4) is 5.75 Å². The molecule has 1 aliphatic rings. The van der Waals surface area contributed by atoms with Crippen molar-refractivity contribution in [2.24, 2.45) is 0 Å². The van der Waals surface area contributed by atoms with Gasteiger partial charge in [0.15, 0.2) is 0 Å². The van der Waals surface area contributed by atoms with Crippen LogP contribution in [0.1, 0.15) is 35.5 Å². The third-order valence-electron chi connectivity index (χ3n) is 6.85. The van der Waals surface area contributed by atoms with Crippen LogP contribution in [0.4, 0.5) is 0 Å². The van der Waals surface area contributed by atoms with E-state index in [9.17, 15) is 23.1 Å². The Morgan fingerprint density at radius 3 is 2.36 bits per heavy atom. The van der Waals surface area contributed by atoms with E-state index in [2.05, 4.69) is 10.3 Å².